The minimum atomic E-state index is -0.373. The summed E-state index contributed by atoms with van der Waals surface area (Å²) in [4.78, 5) is 19.8. The quantitative estimate of drug-likeness (QED) is 0.208. The van der Waals surface area contributed by atoms with Gasteiger partial charge in [-0.25, -0.2) is 0 Å². The lowest BCUT2D eigenvalue weighted by Gasteiger charge is -2.36. The van der Waals surface area contributed by atoms with E-state index in [0.29, 0.717) is 12.6 Å². The Kier molecular flexibility index (Phi) is 8.22. The summed E-state index contributed by atoms with van der Waals surface area (Å²) < 4.78 is 6.06. The van der Waals surface area contributed by atoms with Crippen molar-refractivity contribution in [2.24, 2.45) is 4.99 Å². The van der Waals surface area contributed by atoms with E-state index in [2.05, 4.69) is 44.4 Å². The molecule has 4 rings (SSSR count). The Labute approximate surface area is 199 Å². The second kappa shape index (κ2) is 10.9. The number of hydrogen-bond donors (Lipinski definition) is 1. The lowest BCUT2D eigenvalue weighted by Crippen LogP contribution is -2.50. The number of aliphatic imine (C=N–C) groups is 1. The SMILES string of the molecule is CN=C(NCc1cccc([N+](=O)[O-])c1)N1CC2OCCN(Cc3ccccc3)C2C1.I. The van der Waals surface area contributed by atoms with Crippen molar-refractivity contribution in [3.63, 3.8) is 0 Å². The van der Waals surface area contributed by atoms with E-state index in [1.54, 1.807) is 19.2 Å². The molecule has 2 aliphatic heterocycles. The highest BCUT2D eigenvalue weighted by Gasteiger charge is 2.41. The number of fused-ring (bicyclic) bond motifs is 1. The maximum absolute atomic E-state index is 11.0. The fourth-order valence-electron chi connectivity index (χ4n) is 4.24. The van der Waals surface area contributed by atoms with E-state index in [4.69, 9.17) is 4.74 Å². The number of nitrogens with zero attached hydrogens (tertiary/aromatic N) is 4. The number of nitrogens with one attached hydrogen (secondary N) is 1. The molecule has 0 bridgehead atoms. The zero-order chi connectivity index (χ0) is 20.9. The lowest BCUT2D eigenvalue weighted by atomic mass is 10.1. The van der Waals surface area contributed by atoms with E-state index < -0.39 is 0 Å². The molecule has 166 valence electrons. The van der Waals surface area contributed by atoms with E-state index in [0.717, 1.165) is 44.3 Å². The number of benzene rings is 2. The minimum Gasteiger partial charge on any atom is -0.373 e. The zero-order valence-electron chi connectivity index (χ0n) is 17.5. The second-order valence-corrected chi connectivity index (χ2v) is 7.67. The Hall–Kier alpha value is -2.24. The van der Waals surface area contributed by atoms with Gasteiger partial charge in [-0.1, -0.05) is 42.5 Å². The Morgan fingerprint density at radius 2 is 1.97 bits per heavy atom. The van der Waals surface area contributed by atoms with Gasteiger partial charge < -0.3 is 15.0 Å². The molecule has 2 aromatic rings. The third-order valence-corrected chi connectivity index (χ3v) is 5.73. The zero-order valence-corrected chi connectivity index (χ0v) is 19.8. The van der Waals surface area contributed by atoms with E-state index in [1.807, 2.05) is 12.1 Å². The molecule has 2 aromatic carbocycles. The van der Waals surface area contributed by atoms with E-state index in [1.165, 1.54) is 11.6 Å². The van der Waals surface area contributed by atoms with Crippen LogP contribution >= 0.6 is 24.0 Å². The first-order chi connectivity index (χ1) is 14.6. The third kappa shape index (κ3) is 5.72. The summed E-state index contributed by atoms with van der Waals surface area (Å²) in [5.74, 6) is 0.791. The second-order valence-electron chi connectivity index (χ2n) is 7.67. The molecule has 0 radical (unpaired) electrons. The first-order valence-electron chi connectivity index (χ1n) is 10.2. The largest absolute Gasteiger partial charge is 0.373 e. The van der Waals surface area contributed by atoms with Crippen LogP contribution in [0.2, 0.25) is 0 Å². The van der Waals surface area contributed by atoms with Crippen LogP contribution in [0.25, 0.3) is 0 Å². The molecule has 2 heterocycles. The molecule has 0 spiro atoms. The summed E-state index contributed by atoms with van der Waals surface area (Å²) in [5, 5.41) is 14.3. The fourth-order valence-corrected chi connectivity index (χ4v) is 4.24. The predicted octanol–water partition coefficient (Wildman–Crippen LogP) is 2.87. The van der Waals surface area contributed by atoms with Crippen LogP contribution in [0.15, 0.2) is 59.6 Å². The summed E-state index contributed by atoms with van der Waals surface area (Å²) in [6.07, 6.45) is 0.152. The van der Waals surface area contributed by atoms with Crippen LogP contribution in [0.1, 0.15) is 11.1 Å². The number of rotatable bonds is 5. The molecule has 2 fully saturated rings. The molecular weight excluding hydrogens is 509 g/mol. The molecule has 1 N–H and O–H groups in total. The van der Waals surface area contributed by atoms with E-state index in [9.17, 15) is 10.1 Å². The average Bonchev–Trinajstić information content (AvgIpc) is 3.20. The molecular formula is C22H28IN5O3. The van der Waals surface area contributed by atoms with Crippen LogP contribution in [-0.2, 0) is 17.8 Å². The smallest absolute Gasteiger partial charge is 0.269 e. The van der Waals surface area contributed by atoms with Gasteiger partial charge in [-0.3, -0.25) is 20.0 Å². The van der Waals surface area contributed by atoms with Gasteiger partial charge in [-0.15, -0.1) is 24.0 Å². The summed E-state index contributed by atoms with van der Waals surface area (Å²) in [5.41, 5.74) is 2.26. The number of morpholine rings is 1. The van der Waals surface area contributed by atoms with Crippen LogP contribution in [0.4, 0.5) is 5.69 Å². The molecule has 9 heteroatoms. The number of non-ortho nitro benzene ring substituents is 1. The molecule has 31 heavy (non-hydrogen) atoms. The molecule has 2 atom stereocenters. The van der Waals surface area contributed by atoms with Crippen LogP contribution in [-0.4, -0.2) is 66.1 Å². The van der Waals surface area contributed by atoms with E-state index in [-0.39, 0.29) is 40.7 Å². The number of hydrogen-bond acceptors (Lipinski definition) is 5. The number of halogens is 1. The highest BCUT2D eigenvalue weighted by Crippen LogP contribution is 2.25. The summed E-state index contributed by atoms with van der Waals surface area (Å²) >= 11 is 0. The van der Waals surface area contributed by atoms with Gasteiger partial charge in [-0.05, 0) is 11.1 Å². The van der Waals surface area contributed by atoms with Crippen molar-refractivity contribution in [3.05, 3.63) is 75.8 Å². The van der Waals surface area contributed by atoms with Crippen molar-refractivity contribution in [1.29, 1.82) is 0 Å². The Bertz CT molecular complexity index is 911. The monoisotopic (exact) mass is 537 g/mol. The third-order valence-electron chi connectivity index (χ3n) is 5.73. The van der Waals surface area contributed by atoms with Gasteiger partial charge in [0.05, 0.1) is 23.7 Å². The lowest BCUT2D eigenvalue weighted by molar-refractivity contribution is -0.384. The first kappa shape index (κ1) is 23.4. The van der Waals surface area contributed by atoms with Crippen molar-refractivity contribution >= 4 is 35.6 Å². The fraction of sp³-hybridized carbons (Fsp3) is 0.409. The Morgan fingerprint density at radius 3 is 2.71 bits per heavy atom. The van der Waals surface area contributed by atoms with Crippen LogP contribution < -0.4 is 5.32 Å². The highest BCUT2D eigenvalue weighted by atomic mass is 127. The van der Waals surface area contributed by atoms with Crippen molar-refractivity contribution in [2.75, 3.05) is 33.3 Å². The van der Waals surface area contributed by atoms with Gasteiger partial charge in [-0.2, -0.15) is 0 Å². The van der Waals surface area contributed by atoms with E-state index >= 15 is 0 Å². The van der Waals surface area contributed by atoms with Crippen LogP contribution in [0.5, 0.6) is 0 Å². The summed E-state index contributed by atoms with van der Waals surface area (Å²) in [6.45, 7) is 4.68. The normalized spacial score (nSPS) is 21.3. The van der Waals surface area contributed by atoms with Gasteiger partial charge in [0, 0.05) is 51.9 Å². The number of nitro groups is 1. The van der Waals surface area contributed by atoms with Crippen molar-refractivity contribution in [3.8, 4) is 0 Å². The molecule has 2 aliphatic rings. The predicted molar refractivity (Wildman–Crippen MR) is 131 cm³/mol. The Balaban J connectivity index is 0.00000272. The topological polar surface area (TPSA) is 83.2 Å². The van der Waals surface area contributed by atoms with Gasteiger partial charge in [0.25, 0.3) is 5.69 Å². The van der Waals surface area contributed by atoms with Gasteiger partial charge in [0.1, 0.15) is 0 Å². The number of nitro benzene ring substituents is 1. The van der Waals surface area contributed by atoms with Gasteiger partial charge in [0.15, 0.2) is 5.96 Å². The molecule has 0 aliphatic carbocycles. The number of likely N-dealkylation sites (tertiary alicyclic amines) is 1. The van der Waals surface area contributed by atoms with Crippen molar-refractivity contribution in [2.45, 2.75) is 25.2 Å². The molecule has 0 saturated carbocycles. The molecule has 2 saturated heterocycles. The molecule has 0 amide bonds. The summed E-state index contributed by atoms with van der Waals surface area (Å²) in [7, 11) is 1.76. The van der Waals surface area contributed by atoms with Crippen molar-refractivity contribution in [1.82, 2.24) is 15.1 Å². The number of ether oxygens (including phenoxy) is 1. The Morgan fingerprint density at radius 1 is 1.19 bits per heavy atom. The molecule has 2 unspecified atom stereocenters. The highest BCUT2D eigenvalue weighted by molar-refractivity contribution is 14.0. The molecule has 8 nitrogen and oxygen atoms in total. The maximum atomic E-state index is 11.0. The minimum absolute atomic E-state index is 0. The van der Waals surface area contributed by atoms with Crippen LogP contribution in [0.3, 0.4) is 0 Å². The van der Waals surface area contributed by atoms with Gasteiger partial charge in [0.2, 0.25) is 0 Å². The maximum Gasteiger partial charge on any atom is 0.269 e. The van der Waals surface area contributed by atoms with Gasteiger partial charge >= 0.3 is 0 Å². The molecule has 0 aromatic heterocycles. The first-order valence-corrected chi connectivity index (χ1v) is 10.2. The number of guanidine groups is 1. The standard InChI is InChI=1S/C22H27N5O3.HI/c1-23-22(24-13-18-8-5-9-19(12-18)27(28)29)26-15-20-21(16-26)30-11-10-25(20)14-17-6-3-2-4-7-17;/h2-9,12,20-21H,10-11,13-16H2,1H3,(H,23,24);1H. The average molecular weight is 537 g/mol. The van der Waals surface area contributed by atoms with Crippen LogP contribution in [0, 0.1) is 10.1 Å². The van der Waals surface area contributed by atoms with Crippen molar-refractivity contribution < 1.29 is 9.66 Å². The summed E-state index contributed by atoms with van der Waals surface area (Å²) in [6, 6.07) is 17.5.